The van der Waals surface area contributed by atoms with Crippen LogP contribution in [0.1, 0.15) is 46.0 Å². The van der Waals surface area contributed by atoms with Crippen LogP contribution in [-0.2, 0) is 0 Å². The highest BCUT2D eigenvalue weighted by atomic mass is 32.2. The molecule has 1 saturated heterocycles. The van der Waals surface area contributed by atoms with Crippen molar-refractivity contribution in [2.75, 3.05) is 24.6 Å². The predicted octanol–water partition coefficient (Wildman–Crippen LogP) is 2.73. The first kappa shape index (κ1) is 13.7. The van der Waals surface area contributed by atoms with Crippen LogP contribution in [0.2, 0.25) is 0 Å². The minimum Gasteiger partial charge on any atom is -0.312 e. The van der Waals surface area contributed by atoms with E-state index in [4.69, 9.17) is 0 Å². The quantitative estimate of drug-likeness (QED) is 0.832. The second-order valence-corrected chi connectivity index (χ2v) is 6.90. The Morgan fingerprint density at radius 1 is 1.29 bits per heavy atom. The minimum absolute atomic E-state index is 0.702. The molecule has 1 aliphatic heterocycles. The van der Waals surface area contributed by atoms with Gasteiger partial charge in [-0.2, -0.15) is 11.8 Å². The maximum absolute atomic E-state index is 3.79. The molecule has 2 fully saturated rings. The fourth-order valence-corrected chi connectivity index (χ4v) is 4.20. The van der Waals surface area contributed by atoms with Crippen molar-refractivity contribution in [3.8, 4) is 0 Å². The summed E-state index contributed by atoms with van der Waals surface area (Å²) >= 11 is 2.11. The van der Waals surface area contributed by atoms with Gasteiger partial charge in [0, 0.05) is 42.7 Å². The molecule has 2 nitrogen and oxygen atoms in total. The van der Waals surface area contributed by atoms with Gasteiger partial charge in [0.2, 0.25) is 0 Å². The molecular formula is C14H28N2S. The lowest BCUT2D eigenvalue weighted by atomic mass is 9.95. The van der Waals surface area contributed by atoms with E-state index in [0.29, 0.717) is 6.04 Å². The Kier molecular flexibility index (Phi) is 5.64. The lowest BCUT2D eigenvalue weighted by molar-refractivity contribution is 0.164. The van der Waals surface area contributed by atoms with Crippen molar-refractivity contribution in [2.45, 2.75) is 64.1 Å². The highest BCUT2D eigenvalue weighted by molar-refractivity contribution is 7.99. The van der Waals surface area contributed by atoms with E-state index in [1.807, 2.05) is 0 Å². The summed E-state index contributed by atoms with van der Waals surface area (Å²) in [6.07, 6.45) is 7.12. The molecule has 2 aliphatic rings. The van der Waals surface area contributed by atoms with Gasteiger partial charge in [0.15, 0.2) is 0 Å². The molecule has 1 saturated carbocycles. The highest BCUT2D eigenvalue weighted by Crippen LogP contribution is 2.20. The molecule has 1 heterocycles. The largest absolute Gasteiger partial charge is 0.312 e. The molecule has 0 spiro atoms. The number of hydrogen-bond donors (Lipinski definition) is 1. The van der Waals surface area contributed by atoms with Crippen LogP contribution in [0.3, 0.4) is 0 Å². The average Bonchev–Trinajstić information content (AvgIpc) is 2.38. The molecule has 2 unspecified atom stereocenters. The minimum atomic E-state index is 0.702. The summed E-state index contributed by atoms with van der Waals surface area (Å²) in [6, 6.07) is 2.27. The van der Waals surface area contributed by atoms with Gasteiger partial charge in [-0.3, -0.25) is 4.90 Å². The second-order valence-electron chi connectivity index (χ2n) is 5.75. The smallest absolute Gasteiger partial charge is 0.0195 e. The Morgan fingerprint density at radius 3 is 2.76 bits per heavy atom. The summed E-state index contributed by atoms with van der Waals surface area (Å²) in [5, 5.41) is 3.79. The SMILES string of the molecule is CC(CNC1CCCCC1)N1CCSCC1C. The van der Waals surface area contributed by atoms with Gasteiger partial charge in [-0.15, -0.1) is 0 Å². The molecular weight excluding hydrogens is 228 g/mol. The standard InChI is InChI=1S/C14H28N2S/c1-12(16-8-9-17-11-13(16)2)10-15-14-6-4-3-5-7-14/h12-15H,3-11H2,1-2H3. The van der Waals surface area contributed by atoms with E-state index in [1.54, 1.807) is 0 Å². The van der Waals surface area contributed by atoms with E-state index < -0.39 is 0 Å². The van der Waals surface area contributed by atoms with Crippen molar-refractivity contribution >= 4 is 11.8 Å². The Labute approximate surface area is 111 Å². The Bertz CT molecular complexity index is 216. The molecule has 0 aromatic rings. The Morgan fingerprint density at radius 2 is 2.06 bits per heavy atom. The number of nitrogens with one attached hydrogen (secondary N) is 1. The molecule has 0 aromatic heterocycles. The van der Waals surface area contributed by atoms with Crippen molar-refractivity contribution in [3.63, 3.8) is 0 Å². The van der Waals surface area contributed by atoms with Gasteiger partial charge < -0.3 is 5.32 Å². The number of nitrogens with zero attached hydrogens (tertiary/aromatic N) is 1. The zero-order chi connectivity index (χ0) is 12.1. The summed E-state index contributed by atoms with van der Waals surface area (Å²) in [5.41, 5.74) is 0. The van der Waals surface area contributed by atoms with Gasteiger partial charge in [-0.1, -0.05) is 19.3 Å². The lowest BCUT2D eigenvalue weighted by Crippen LogP contribution is -2.50. The van der Waals surface area contributed by atoms with Crippen LogP contribution in [0.25, 0.3) is 0 Å². The van der Waals surface area contributed by atoms with Gasteiger partial charge in [0.1, 0.15) is 0 Å². The molecule has 2 atom stereocenters. The van der Waals surface area contributed by atoms with E-state index in [0.717, 1.165) is 12.1 Å². The average molecular weight is 256 g/mol. The third-order valence-electron chi connectivity index (χ3n) is 4.29. The topological polar surface area (TPSA) is 15.3 Å². The van der Waals surface area contributed by atoms with E-state index in [1.165, 1.54) is 56.7 Å². The van der Waals surface area contributed by atoms with Crippen LogP contribution in [0.15, 0.2) is 0 Å². The maximum atomic E-state index is 3.79. The molecule has 1 aliphatic carbocycles. The monoisotopic (exact) mass is 256 g/mol. The zero-order valence-corrected chi connectivity index (χ0v) is 12.3. The summed E-state index contributed by atoms with van der Waals surface area (Å²) in [7, 11) is 0. The number of rotatable bonds is 4. The Hall–Kier alpha value is 0.270. The van der Waals surface area contributed by atoms with E-state index >= 15 is 0 Å². The first-order valence-electron chi connectivity index (χ1n) is 7.34. The lowest BCUT2D eigenvalue weighted by Gasteiger charge is -2.38. The molecule has 0 radical (unpaired) electrons. The number of hydrogen-bond acceptors (Lipinski definition) is 3. The first-order chi connectivity index (χ1) is 8.27. The van der Waals surface area contributed by atoms with E-state index in [2.05, 4.69) is 35.8 Å². The zero-order valence-electron chi connectivity index (χ0n) is 11.5. The maximum Gasteiger partial charge on any atom is 0.0195 e. The third-order valence-corrected chi connectivity index (χ3v) is 5.48. The third kappa shape index (κ3) is 4.15. The summed E-state index contributed by atoms with van der Waals surface area (Å²) in [6.45, 7) is 7.23. The molecule has 2 rings (SSSR count). The summed E-state index contributed by atoms with van der Waals surface area (Å²) in [4.78, 5) is 2.69. The van der Waals surface area contributed by atoms with E-state index in [-0.39, 0.29) is 0 Å². The van der Waals surface area contributed by atoms with Crippen molar-refractivity contribution in [1.82, 2.24) is 10.2 Å². The molecule has 3 heteroatoms. The van der Waals surface area contributed by atoms with Crippen molar-refractivity contribution < 1.29 is 0 Å². The predicted molar refractivity (Wildman–Crippen MR) is 77.8 cm³/mol. The van der Waals surface area contributed by atoms with Crippen LogP contribution < -0.4 is 5.32 Å². The molecule has 0 bridgehead atoms. The fourth-order valence-electron chi connectivity index (χ4n) is 3.16. The molecule has 1 N–H and O–H groups in total. The Balaban J connectivity index is 1.70. The molecule has 0 amide bonds. The van der Waals surface area contributed by atoms with Crippen molar-refractivity contribution in [3.05, 3.63) is 0 Å². The summed E-state index contributed by atoms with van der Waals surface area (Å²) in [5.74, 6) is 2.63. The highest BCUT2D eigenvalue weighted by Gasteiger charge is 2.24. The fraction of sp³-hybridized carbons (Fsp3) is 1.00. The number of thioether (sulfide) groups is 1. The van der Waals surface area contributed by atoms with Crippen LogP contribution in [0.5, 0.6) is 0 Å². The van der Waals surface area contributed by atoms with Crippen LogP contribution in [0.4, 0.5) is 0 Å². The normalized spacial score (nSPS) is 30.4. The van der Waals surface area contributed by atoms with Gasteiger partial charge in [-0.25, -0.2) is 0 Å². The van der Waals surface area contributed by atoms with Gasteiger partial charge >= 0.3 is 0 Å². The summed E-state index contributed by atoms with van der Waals surface area (Å²) < 4.78 is 0. The first-order valence-corrected chi connectivity index (χ1v) is 8.49. The van der Waals surface area contributed by atoms with Crippen LogP contribution in [-0.4, -0.2) is 47.6 Å². The second kappa shape index (κ2) is 7.01. The van der Waals surface area contributed by atoms with Gasteiger partial charge in [-0.05, 0) is 26.7 Å². The molecule has 0 aromatic carbocycles. The molecule has 100 valence electrons. The van der Waals surface area contributed by atoms with Gasteiger partial charge in [0.25, 0.3) is 0 Å². The molecule has 17 heavy (non-hydrogen) atoms. The van der Waals surface area contributed by atoms with E-state index in [9.17, 15) is 0 Å². The van der Waals surface area contributed by atoms with Crippen LogP contribution in [0, 0.1) is 0 Å². The van der Waals surface area contributed by atoms with Gasteiger partial charge in [0.05, 0.1) is 0 Å². The van der Waals surface area contributed by atoms with Crippen LogP contribution >= 0.6 is 11.8 Å². The van der Waals surface area contributed by atoms with Crippen molar-refractivity contribution in [1.29, 1.82) is 0 Å². The van der Waals surface area contributed by atoms with Crippen molar-refractivity contribution in [2.24, 2.45) is 0 Å².